The third kappa shape index (κ3) is 4.35. The molecule has 164 valence electrons. The Bertz CT molecular complexity index is 1170. The zero-order valence-electron chi connectivity index (χ0n) is 16.8. The second-order valence-corrected chi connectivity index (χ2v) is 8.15. The van der Waals surface area contributed by atoms with Crippen LogP contribution in [0.4, 0.5) is 0 Å². The minimum absolute atomic E-state index is 0.291. The zero-order valence-corrected chi connectivity index (χ0v) is 18.4. The molecule has 8 nitrogen and oxygen atoms in total. The van der Waals surface area contributed by atoms with Crippen LogP contribution in [0.2, 0.25) is 10.0 Å². The Kier molecular flexibility index (Phi) is 5.84. The van der Waals surface area contributed by atoms with Gasteiger partial charge in [-0.25, -0.2) is 14.6 Å². The molecule has 2 aromatic carbocycles. The highest BCUT2D eigenvalue weighted by Crippen LogP contribution is 2.40. The standard InChI is InChI=1S/C22H19Cl2N5O3/c23-16-1-6-20(21(24)9-16)22(12-28-8-7-25-14-28)31-11-19(32-22)10-30-18-4-2-17(3-5-18)29-15-26-13-27-29/h1-9,13-15,19H,10-12H2. The summed E-state index contributed by atoms with van der Waals surface area (Å²) >= 11 is 12.6. The molecular weight excluding hydrogens is 453 g/mol. The lowest BCUT2D eigenvalue weighted by Crippen LogP contribution is -2.34. The van der Waals surface area contributed by atoms with Crippen LogP contribution in [0.5, 0.6) is 5.75 Å². The molecule has 10 heteroatoms. The highest BCUT2D eigenvalue weighted by molar-refractivity contribution is 6.35. The topological polar surface area (TPSA) is 76.2 Å². The normalized spacial score (nSPS) is 20.5. The fourth-order valence-corrected chi connectivity index (χ4v) is 4.15. The Balaban J connectivity index is 1.30. The van der Waals surface area contributed by atoms with Crippen LogP contribution >= 0.6 is 23.2 Å². The van der Waals surface area contributed by atoms with Gasteiger partial charge in [0.05, 0.1) is 30.2 Å². The molecule has 0 N–H and O–H groups in total. The number of rotatable bonds is 7. The van der Waals surface area contributed by atoms with E-state index in [-0.39, 0.29) is 6.10 Å². The third-order valence-electron chi connectivity index (χ3n) is 5.11. The second kappa shape index (κ2) is 8.91. The molecule has 1 aliphatic rings. The van der Waals surface area contributed by atoms with Gasteiger partial charge in [0.2, 0.25) is 5.79 Å². The number of aromatic nitrogens is 5. The van der Waals surface area contributed by atoms with Gasteiger partial charge in [-0.1, -0.05) is 29.3 Å². The summed E-state index contributed by atoms with van der Waals surface area (Å²) in [5.74, 6) is -0.359. The molecule has 2 atom stereocenters. The van der Waals surface area contributed by atoms with Crippen molar-refractivity contribution in [2.24, 2.45) is 0 Å². The van der Waals surface area contributed by atoms with Gasteiger partial charge in [-0.3, -0.25) is 0 Å². The Morgan fingerprint density at radius 2 is 1.97 bits per heavy atom. The number of nitrogens with zero attached hydrogens (tertiary/aromatic N) is 5. The molecule has 2 unspecified atom stereocenters. The van der Waals surface area contributed by atoms with E-state index in [0.717, 1.165) is 5.69 Å². The average Bonchev–Trinajstić information content (AvgIpc) is 3.56. The molecule has 0 saturated carbocycles. The summed E-state index contributed by atoms with van der Waals surface area (Å²) in [6.45, 7) is 1.06. The Labute approximate surface area is 194 Å². The maximum Gasteiger partial charge on any atom is 0.215 e. The minimum atomic E-state index is -1.08. The molecule has 5 rings (SSSR count). The summed E-state index contributed by atoms with van der Waals surface area (Å²) in [7, 11) is 0. The van der Waals surface area contributed by atoms with Crippen LogP contribution in [0.3, 0.4) is 0 Å². The molecular formula is C22H19Cl2N5O3. The largest absolute Gasteiger partial charge is 0.491 e. The maximum absolute atomic E-state index is 6.50. The summed E-state index contributed by atoms with van der Waals surface area (Å²) in [6.07, 6.45) is 8.10. The lowest BCUT2D eigenvalue weighted by Gasteiger charge is -2.30. The smallest absolute Gasteiger partial charge is 0.215 e. The van der Waals surface area contributed by atoms with Crippen molar-refractivity contribution < 1.29 is 14.2 Å². The van der Waals surface area contributed by atoms with Crippen LogP contribution in [-0.4, -0.2) is 43.6 Å². The first-order valence-electron chi connectivity index (χ1n) is 9.92. The number of imidazole rings is 1. The monoisotopic (exact) mass is 471 g/mol. The van der Waals surface area contributed by atoms with E-state index in [1.54, 1.807) is 35.7 Å². The highest BCUT2D eigenvalue weighted by Gasteiger charge is 2.45. The number of benzene rings is 2. The van der Waals surface area contributed by atoms with E-state index in [0.29, 0.717) is 41.1 Å². The highest BCUT2D eigenvalue weighted by atomic mass is 35.5. The number of halogens is 2. The van der Waals surface area contributed by atoms with Crippen LogP contribution in [0.25, 0.3) is 5.69 Å². The first-order chi connectivity index (χ1) is 15.6. The molecule has 1 saturated heterocycles. The van der Waals surface area contributed by atoms with Gasteiger partial charge in [0.1, 0.15) is 31.1 Å². The van der Waals surface area contributed by atoms with E-state index < -0.39 is 5.79 Å². The molecule has 1 fully saturated rings. The van der Waals surface area contributed by atoms with Gasteiger partial charge in [0.25, 0.3) is 0 Å². The first kappa shape index (κ1) is 21.0. The summed E-state index contributed by atoms with van der Waals surface area (Å²) in [5, 5.41) is 5.14. The van der Waals surface area contributed by atoms with Crippen molar-refractivity contribution in [1.82, 2.24) is 24.3 Å². The Morgan fingerprint density at radius 1 is 1.09 bits per heavy atom. The third-order valence-corrected chi connectivity index (χ3v) is 5.65. The molecule has 4 aromatic rings. The van der Waals surface area contributed by atoms with E-state index in [4.69, 9.17) is 37.4 Å². The molecule has 32 heavy (non-hydrogen) atoms. The van der Waals surface area contributed by atoms with Crippen molar-refractivity contribution in [3.63, 3.8) is 0 Å². The van der Waals surface area contributed by atoms with Crippen LogP contribution < -0.4 is 4.74 Å². The van der Waals surface area contributed by atoms with Gasteiger partial charge < -0.3 is 18.8 Å². The van der Waals surface area contributed by atoms with Gasteiger partial charge >= 0.3 is 0 Å². The van der Waals surface area contributed by atoms with Crippen LogP contribution in [0, 0.1) is 0 Å². The predicted octanol–water partition coefficient (Wildman–Crippen LogP) is 4.12. The Hall–Kier alpha value is -2.91. The number of hydrogen-bond acceptors (Lipinski definition) is 6. The Morgan fingerprint density at radius 3 is 2.69 bits per heavy atom. The molecule has 0 radical (unpaired) electrons. The van der Waals surface area contributed by atoms with E-state index in [2.05, 4.69) is 15.1 Å². The van der Waals surface area contributed by atoms with E-state index in [9.17, 15) is 0 Å². The van der Waals surface area contributed by atoms with Gasteiger partial charge in [0.15, 0.2) is 0 Å². The van der Waals surface area contributed by atoms with E-state index >= 15 is 0 Å². The minimum Gasteiger partial charge on any atom is -0.491 e. The lowest BCUT2D eigenvalue weighted by atomic mass is 10.1. The van der Waals surface area contributed by atoms with Crippen molar-refractivity contribution in [3.05, 3.63) is 89.4 Å². The van der Waals surface area contributed by atoms with Gasteiger partial charge in [-0.05, 0) is 36.4 Å². The SMILES string of the molecule is Clc1ccc(C2(Cn3ccnc3)OCC(COc3ccc(-n4cncn4)cc3)O2)c(Cl)c1. The number of ether oxygens (including phenoxy) is 3. The lowest BCUT2D eigenvalue weighted by molar-refractivity contribution is -0.189. The van der Waals surface area contributed by atoms with E-state index in [1.165, 1.54) is 6.33 Å². The summed E-state index contributed by atoms with van der Waals surface area (Å²) in [4.78, 5) is 8.06. The molecule has 3 heterocycles. The van der Waals surface area contributed by atoms with Crippen LogP contribution in [-0.2, 0) is 21.8 Å². The zero-order chi connectivity index (χ0) is 22.0. The molecule has 1 aliphatic heterocycles. The fraction of sp³-hybridized carbons (Fsp3) is 0.227. The molecule has 0 bridgehead atoms. The fourth-order valence-electron chi connectivity index (χ4n) is 3.60. The molecule has 0 spiro atoms. The quantitative estimate of drug-likeness (QED) is 0.403. The average molecular weight is 472 g/mol. The summed E-state index contributed by atoms with van der Waals surface area (Å²) < 4.78 is 22.1. The maximum atomic E-state index is 6.50. The second-order valence-electron chi connectivity index (χ2n) is 7.31. The molecule has 0 amide bonds. The van der Waals surface area contributed by atoms with Crippen molar-refractivity contribution in [3.8, 4) is 11.4 Å². The van der Waals surface area contributed by atoms with Gasteiger partial charge in [-0.2, -0.15) is 5.10 Å². The molecule has 2 aromatic heterocycles. The van der Waals surface area contributed by atoms with E-state index in [1.807, 2.05) is 41.1 Å². The predicted molar refractivity (Wildman–Crippen MR) is 118 cm³/mol. The summed E-state index contributed by atoms with van der Waals surface area (Å²) in [6, 6.07) is 12.9. The number of hydrogen-bond donors (Lipinski definition) is 0. The van der Waals surface area contributed by atoms with Crippen molar-refractivity contribution in [2.75, 3.05) is 13.2 Å². The first-order valence-corrected chi connectivity index (χ1v) is 10.7. The van der Waals surface area contributed by atoms with Crippen molar-refractivity contribution in [1.29, 1.82) is 0 Å². The van der Waals surface area contributed by atoms with Crippen molar-refractivity contribution in [2.45, 2.75) is 18.4 Å². The van der Waals surface area contributed by atoms with Gasteiger partial charge in [0, 0.05) is 23.0 Å². The van der Waals surface area contributed by atoms with Crippen molar-refractivity contribution >= 4 is 23.2 Å². The summed E-state index contributed by atoms with van der Waals surface area (Å²) in [5.41, 5.74) is 1.60. The molecule has 0 aliphatic carbocycles. The van der Waals surface area contributed by atoms with Gasteiger partial charge in [-0.15, -0.1) is 0 Å². The van der Waals surface area contributed by atoms with Crippen LogP contribution in [0.15, 0.2) is 73.8 Å². The van der Waals surface area contributed by atoms with Crippen LogP contribution in [0.1, 0.15) is 5.56 Å².